The summed E-state index contributed by atoms with van der Waals surface area (Å²) in [7, 11) is 0. The van der Waals surface area contributed by atoms with Gasteiger partial charge in [-0.05, 0) is 63.5 Å². The van der Waals surface area contributed by atoms with Crippen molar-refractivity contribution in [2.75, 3.05) is 19.6 Å². The molecule has 134 valence electrons. The van der Waals surface area contributed by atoms with Crippen molar-refractivity contribution in [1.29, 1.82) is 0 Å². The molecular formula is C20H27N3O2. The van der Waals surface area contributed by atoms with E-state index >= 15 is 0 Å². The van der Waals surface area contributed by atoms with Crippen LogP contribution in [-0.4, -0.2) is 41.3 Å². The van der Waals surface area contributed by atoms with Crippen LogP contribution in [0.5, 0.6) is 0 Å². The lowest BCUT2D eigenvalue weighted by atomic mass is 9.97. The van der Waals surface area contributed by atoms with Gasteiger partial charge in [-0.15, -0.1) is 0 Å². The third kappa shape index (κ3) is 4.91. The van der Waals surface area contributed by atoms with Crippen LogP contribution in [0.25, 0.3) is 0 Å². The maximum absolute atomic E-state index is 12.5. The highest BCUT2D eigenvalue weighted by Crippen LogP contribution is 2.19. The summed E-state index contributed by atoms with van der Waals surface area (Å²) < 4.78 is 0. The van der Waals surface area contributed by atoms with Gasteiger partial charge in [0.25, 0.3) is 11.8 Å². The maximum Gasteiger partial charge on any atom is 0.272 e. The molecule has 0 atom stereocenters. The molecule has 0 bridgehead atoms. The Bertz CT molecular complexity index is 648. The summed E-state index contributed by atoms with van der Waals surface area (Å²) in [6.45, 7) is 2.19. The van der Waals surface area contributed by atoms with Gasteiger partial charge in [0.2, 0.25) is 0 Å². The Morgan fingerprint density at radius 3 is 2.60 bits per heavy atom. The second kappa shape index (κ2) is 8.79. The SMILES string of the molecule is O=C(NCCC1=CCCCC1)c1cccc(C(=O)N2CCCCC2)n1. The molecule has 1 saturated heterocycles. The van der Waals surface area contributed by atoms with Crippen LogP contribution >= 0.6 is 0 Å². The fourth-order valence-corrected chi connectivity index (χ4v) is 3.50. The van der Waals surface area contributed by atoms with Crippen LogP contribution in [0.2, 0.25) is 0 Å². The molecule has 3 rings (SSSR count). The van der Waals surface area contributed by atoms with Crippen molar-refractivity contribution in [2.45, 2.75) is 51.4 Å². The molecule has 0 unspecified atom stereocenters. The summed E-state index contributed by atoms with van der Waals surface area (Å²) >= 11 is 0. The highest BCUT2D eigenvalue weighted by Gasteiger charge is 2.20. The second-order valence-electron chi connectivity index (χ2n) is 6.87. The molecule has 2 amide bonds. The van der Waals surface area contributed by atoms with E-state index in [9.17, 15) is 9.59 Å². The van der Waals surface area contributed by atoms with Crippen LogP contribution < -0.4 is 5.32 Å². The lowest BCUT2D eigenvalue weighted by Crippen LogP contribution is -2.36. The van der Waals surface area contributed by atoms with Gasteiger partial charge in [-0.2, -0.15) is 0 Å². The van der Waals surface area contributed by atoms with E-state index in [-0.39, 0.29) is 11.8 Å². The number of nitrogens with one attached hydrogen (secondary N) is 1. The highest BCUT2D eigenvalue weighted by atomic mass is 16.2. The Hall–Kier alpha value is -2.17. The van der Waals surface area contributed by atoms with E-state index in [4.69, 9.17) is 0 Å². The van der Waals surface area contributed by atoms with Crippen LogP contribution in [0.4, 0.5) is 0 Å². The van der Waals surface area contributed by atoms with Gasteiger partial charge in [-0.1, -0.05) is 17.7 Å². The first-order valence-corrected chi connectivity index (χ1v) is 9.46. The first-order valence-electron chi connectivity index (χ1n) is 9.46. The summed E-state index contributed by atoms with van der Waals surface area (Å²) in [5.74, 6) is -0.272. The molecule has 2 aliphatic rings. The van der Waals surface area contributed by atoms with Crippen LogP contribution in [-0.2, 0) is 0 Å². The minimum Gasteiger partial charge on any atom is -0.350 e. The van der Waals surface area contributed by atoms with Gasteiger partial charge in [0, 0.05) is 19.6 Å². The number of hydrogen-bond donors (Lipinski definition) is 1. The molecule has 0 aromatic carbocycles. The summed E-state index contributed by atoms with van der Waals surface area (Å²) in [6, 6.07) is 5.10. The fourth-order valence-electron chi connectivity index (χ4n) is 3.50. The van der Waals surface area contributed by atoms with Gasteiger partial charge in [-0.3, -0.25) is 9.59 Å². The number of piperidine rings is 1. The summed E-state index contributed by atoms with van der Waals surface area (Å²) in [6.07, 6.45) is 11.3. The zero-order chi connectivity index (χ0) is 17.5. The standard InChI is InChI=1S/C20H27N3O2/c24-19(21-13-12-16-8-3-1-4-9-16)17-10-7-11-18(22-17)20(25)23-14-5-2-6-15-23/h7-8,10-11H,1-6,9,12-15H2,(H,21,24). The van der Waals surface area contributed by atoms with Crippen LogP contribution in [0, 0.1) is 0 Å². The Morgan fingerprint density at radius 2 is 1.84 bits per heavy atom. The van der Waals surface area contributed by atoms with Crippen LogP contribution in [0.15, 0.2) is 29.8 Å². The number of likely N-dealkylation sites (tertiary alicyclic amines) is 1. The first kappa shape index (κ1) is 17.6. The topological polar surface area (TPSA) is 62.3 Å². The number of carbonyl (C=O) groups excluding carboxylic acids is 2. The molecule has 5 nitrogen and oxygen atoms in total. The number of nitrogens with zero attached hydrogens (tertiary/aromatic N) is 2. The molecule has 1 aromatic heterocycles. The predicted molar refractivity (Wildman–Crippen MR) is 97.5 cm³/mol. The zero-order valence-electron chi connectivity index (χ0n) is 14.8. The Balaban J connectivity index is 1.55. The molecular weight excluding hydrogens is 314 g/mol. The number of pyridine rings is 1. The lowest BCUT2D eigenvalue weighted by Gasteiger charge is -2.26. The van der Waals surface area contributed by atoms with Gasteiger partial charge in [0.05, 0.1) is 0 Å². The summed E-state index contributed by atoms with van der Waals surface area (Å²) in [5, 5.41) is 2.92. The van der Waals surface area contributed by atoms with E-state index in [2.05, 4.69) is 16.4 Å². The van der Waals surface area contributed by atoms with E-state index in [0.29, 0.717) is 17.9 Å². The first-order chi connectivity index (χ1) is 12.2. The molecule has 1 N–H and O–H groups in total. The number of allylic oxidation sites excluding steroid dienone is 1. The summed E-state index contributed by atoms with van der Waals surface area (Å²) in [4.78, 5) is 31.0. The number of carbonyl (C=O) groups is 2. The molecule has 1 aliphatic heterocycles. The molecule has 0 radical (unpaired) electrons. The van der Waals surface area contributed by atoms with Gasteiger partial charge in [-0.25, -0.2) is 4.98 Å². The molecule has 5 heteroatoms. The summed E-state index contributed by atoms with van der Waals surface area (Å²) in [5.41, 5.74) is 2.12. The smallest absolute Gasteiger partial charge is 0.272 e. The molecule has 1 aliphatic carbocycles. The lowest BCUT2D eigenvalue weighted by molar-refractivity contribution is 0.0718. The average Bonchev–Trinajstić information content (AvgIpc) is 2.69. The van der Waals surface area contributed by atoms with Crippen molar-refractivity contribution >= 4 is 11.8 Å². The minimum atomic E-state index is -0.204. The van der Waals surface area contributed by atoms with Gasteiger partial charge in [0.15, 0.2) is 0 Å². The number of rotatable bonds is 5. The quantitative estimate of drug-likeness (QED) is 0.836. The number of aromatic nitrogens is 1. The highest BCUT2D eigenvalue weighted by molar-refractivity contribution is 5.96. The Morgan fingerprint density at radius 1 is 1.04 bits per heavy atom. The van der Waals surface area contributed by atoms with E-state index in [0.717, 1.165) is 45.2 Å². The van der Waals surface area contributed by atoms with Crippen molar-refractivity contribution in [2.24, 2.45) is 0 Å². The molecule has 0 spiro atoms. The Labute approximate surface area is 149 Å². The fraction of sp³-hybridized carbons (Fsp3) is 0.550. The largest absolute Gasteiger partial charge is 0.350 e. The molecule has 25 heavy (non-hydrogen) atoms. The monoisotopic (exact) mass is 341 g/mol. The third-order valence-corrected chi connectivity index (χ3v) is 4.96. The second-order valence-corrected chi connectivity index (χ2v) is 6.87. The average molecular weight is 341 g/mol. The van der Waals surface area contributed by atoms with Gasteiger partial charge >= 0.3 is 0 Å². The molecule has 1 fully saturated rings. The number of amides is 2. The van der Waals surface area contributed by atoms with E-state index in [1.165, 1.54) is 24.8 Å². The minimum absolute atomic E-state index is 0.0679. The van der Waals surface area contributed by atoms with Crippen LogP contribution in [0.3, 0.4) is 0 Å². The number of hydrogen-bond acceptors (Lipinski definition) is 3. The van der Waals surface area contributed by atoms with E-state index < -0.39 is 0 Å². The maximum atomic E-state index is 12.5. The van der Waals surface area contributed by atoms with E-state index in [1.807, 2.05) is 4.90 Å². The van der Waals surface area contributed by atoms with Crippen LogP contribution in [0.1, 0.15) is 72.3 Å². The zero-order valence-corrected chi connectivity index (χ0v) is 14.8. The van der Waals surface area contributed by atoms with Crippen molar-refractivity contribution in [3.05, 3.63) is 41.2 Å². The van der Waals surface area contributed by atoms with Gasteiger partial charge in [0.1, 0.15) is 11.4 Å². The Kier molecular flexibility index (Phi) is 6.20. The van der Waals surface area contributed by atoms with Crippen molar-refractivity contribution in [3.63, 3.8) is 0 Å². The van der Waals surface area contributed by atoms with Crippen molar-refractivity contribution < 1.29 is 9.59 Å². The van der Waals surface area contributed by atoms with E-state index in [1.54, 1.807) is 18.2 Å². The van der Waals surface area contributed by atoms with Crippen molar-refractivity contribution in [1.82, 2.24) is 15.2 Å². The van der Waals surface area contributed by atoms with Gasteiger partial charge < -0.3 is 10.2 Å². The normalized spacial score (nSPS) is 17.8. The molecule has 2 heterocycles. The van der Waals surface area contributed by atoms with Crippen molar-refractivity contribution in [3.8, 4) is 0 Å². The third-order valence-electron chi connectivity index (χ3n) is 4.96. The predicted octanol–water partition coefficient (Wildman–Crippen LogP) is 3.33. The molecule has 0 saturated carbocycles. The molecule has 1 aromatic rings.